The monoisotopic (exact) mass is 260 g/mol. The Hall–Kier alpha value is -1.94. The molecule has 2 aromatic rings. The summed E-state index contributed by atoms with van der Waals surface area (Å²) in [6.45, 7) is 2.75. The summed E-state index contributed by atoms with van der Waals surface area (Å²) in [7, 11) is 1.88. The third-order valence-electron chi connectivity index (χ3n) is 2.71. The Bertz CT molecular complexity index is 558. The molecule has 0 amide bonds. The summed E-state index contributed by atoms with van der Waals surface area (Å²) in [6, 6.07) is 10.2. The highest BCUT2D eigenvalue weighted by Gasteiger charge is 2.07. The van der Waals surface area contributed by atoms with E-state index in [1.807, 2.05) is 26.1 Å². The molecule has 4 heteroatoms. The predicted octanol–water partition coefficient (Wildman–Crippen LogP) is 3.29. The van der Waals surface area contributed by atoms with Gasteiger partial charge in [0.05, 0.1) is 0 Å². The number of para-hydroxylation sites is 1. The minimum absolute atomic E-state index is 0.193. The van der Waals surface area contributed by atoms with Gasteiger partial charge >= 0.3 is 0 Å². The van der Waals surface area contributed by atoms with E-state index in [2.05, 4.69) is 10.3 Å². The minimum atomic E-state index is -0.388. The van der Waals surface area contributed by atoms with E-state index in [0.717, 1.165) is 24.2 Å². The van der Waals surface area contributed by atoms with Crippen LogP contribution in [0.4, 0.5) is 4.39 Å². The molecule has 1 aromatic carbocycles. The molecule has 0 bridgehead atoms. The van der Waals surface area contributed by atoms with Crippen LogP contribution in [0.2, 0.25) is 0 Å². The quantitative estimate of drug-likeness (QED) is 0.895. The van der Waals surface area contributed by atoms with Gasteiger partial charge in [-0.05, 0) is 37.2 Å². The lowest BCUT2D eigenvalue weighted by atomic mass is 10.2. The predicted molar refractivity (Wildman–Crippen MR) is 72.9 cm³/mol. The van der Waals surface area contributed by atoms with Crippen LogP contribution in [0, 0.1) is 5.82 Å². The molecule has 0 aliphatic carbocycles. The molecule has 0 saturated heterocycles. The van der Waals surface area contributed by atoms with E-state index in [0.29, 0.717) is 5.88 Å². The molecule has 0 radical (unpaired) electrons. The van der Waals surface area contributed by atoms with E-state index in [1.165, 1.54) is 6.07 Å². The Morgan fingerprint density at radius 1 is 1.26 bits per heavy atom. The van der Waals surface area contributed by atoms with Gasteiger partial charge in [-0.1, -0.05) is 19.1 Å². The van der Waals surface area contributed by atoms with Crippen LogP contribution in [0.3, 0.4) is 0 Å². The van der Waals surface area contributed by atoms with Crippen LogP contribution in [-0.4, -0.2) is 12.0 Å². The van der Waals surface area contributed by atoms with Crippen LogP contribution >= 0.6 is 0 Å². The molecular weight excluding hydrogens is 243 g/mol. The summed E-state index contributed by atoms with van der Waals surface area (Å²) in [4.78, 5) is 4.35. The number of aromatic nitrogens is 1. The fourth-order valence-electron chi connectivity index (χ4n) is 1.80. The first-order valence-corrected chi connectivity index (χ1v) is 6.29. The van der Waals surface area contributed by atoms with Crippen molar-refractivity contribution in [3.63, 3.8) is 0 Å². The van der Waals surface area contributed by atoms with Gasteiger partial charge in [-0.3, -0.25) is 0 Å². The number of nitrogens with one attached hydrogen (secondary N) is 1. The maximum atomic E-state index is 13.5. The maximum absolute atomic E-state index is 13.5. The third kappa shape index (κ3) is 3.51. The average molecular weight is 260 g/mol. The van der Waals surface area contributed by atoms with Crippen molar-refractivity contribution in [2.75, 3.05) is 7.05 Å². The first kappa shape index (κ1) is 13.5. The number of hydrogen-bond donors (Lipinski definition) is 1. The summed E-state index contributed by atoms with van der Waals surface area (Å²) in [5.74, 6) is 0.231. The van der Waals surface area contributed by atoms with Gasteiger partial charge in [0.15, 0.2) is 11.6 Å². The molecule has 0 aliphatic rings. The molecule has 100 valence electrons. The highest BCUT2D eigenvalue weighted by molar-refractivity contribution is 5.31. The smallest absolute Gasteiger partial charge is 0.219 e. The fraction of sp³-hybridized carbons (Fsp3) is 0.267. The van der Waals surface area contributed by atoms with Crippen molar-refractivity contribution in [1.29, 1.82) is 0 Å². The molecule has 2 rings (SSSR count). The molecule has 0 aliphatic heterocycles. The topological polar surface area (TPSA) is 34.1 Å². The van der Waals surface area contributed by atoms with Gasteiger partial charge in [0.2, 0.25) is 5.88 Å². The molecule has 19 heavy (non-hydrogen) atoms. The molecular formula is C15H17FN2O. The van der Waals surface area contributed by atoms with Crippen molar-refractivity contribution < 1.29 is 9.13 Å². The van der Waals surface area contributed by atoms with Crippen molar-refractivity contribution in [2.45, 2.75) is 19.9 Å². The number of nitrogens with zero attached hydrogens (tertiary/aromatic N) is 1. The second-order valence-electron chi connectivity index (χ2n) is 4.22. The Morgan fingerprint density at radius 3 is 2.74 bits per heavy atom. The molecule has 0 unspecified atom stereocenters. The zero-order chi connectivity index (χ0) is 13.7. The number of rotatable bonds is 5. The van der Waals surface area contributed by atoms with Crippen LogP contribution < -0.4 is 10.1 Å². The zero-order valence-electron chi connectivity index (χ0n) is 11.1. The third-order valence-corrected chi connectivity index (χ3v) is 2.71. The maximum Gasteiger partial charge on any atom is 0.219 e. The summed E-state index contributed by atoms with van der Waals surface area (Å²) >= 11 is 0. The van der Waals surface area contributed by atoms with E-state index < -0.39 is 0 Å². The highest BCUT2D eigenvalue weighted by atomic mass is 19.1. The van der Waals surface area contributed by atoms with Crippen LogP contribution in [0.15, 0.2) is 36.4 Å². The first-order chi connectivity index (χ1) is 9.22. The van der Waals surface area contributed by atoms with Gasteiger partial charge in [-0.2, -0.15) is 0 Å². The molecule has 0 fully saturated rings. The molecule has 3 nitrogen and oxygen atoms in total. The molecule has 1 heterocycles. The Kier molecular flexibility index (Phi) is 4.47. The standard InChI is InChI=1S/C15H17FN2O/c1-3-12-8-11(10-17-2)9-15(18-12)19-14-7-5-4-6-13(14)16/h4-9,17H,3,10H2,1-2H3. The van der Waals surface area contributed by atoms with Crippen LogP contribution in [-0.2, 0) is 13.0 Å². The number of aryl methyl sites for hydroxylation is 1. The largest absolute Gasteiger partial charge is 0.436 e. The fourth-order valence-corrected chi connectivity index (χ4v) is 1.80. The summed E-state index contributed by atoms with van der Waals surface area (Å²) < 4.78 is 19.1. The number of benzene rings is 1. The molecule has 1 N–H and O–H groups in total. The van der Waals surface area contributed by atoms with E-state index in [1.54, 1.807) is 18.2 Å². The number of halogens is 1. The molecule has 1 aromatic heterocycles. The van der Waals surface area contributed by atoms with Crippen LogP contribution in [0.25, 0.3) is 0 Å². The molecule has 0 saturated carbocycles. The summed E-state index contributed by atoms with van der Waals surface area (Å²) in [6.07, 6.45) is 0.811. The van der Waals surface area contributed by atoms with Gasteiger partial charge in [0.25, 0.3) is 0 Å². The lowest BCUT2D eigenvalue weighted by Crippen LogP contribution is -2.06. The molecule has 0 spiro atoms. The zero-order valence-corrected chi connectivity index (χ0v) is 11.1. The molecule has 0 atom stereocenters. The van der Waals surface area contributed by atoms with Crippen molar-refractivity contribution >= 4 is 0 Å². The van der Waals surface area contributed by atoms with Crippen molar-refractivity contribution in [3.8, 4) is 11.6 Å². The number of ether oxygens (including phenoxy) is 1. The van der Waals surface area contributed by atoms with E-state index in [4.69, 9.17) is 4.74 Å². The first-order valence-electron chi connectivity index (χ1n) is 6.29. The van der Waals surface area contributed by atoms with Gasteiger partial charge in [-0.15, -0.1) is 0 Å². The number of pyridine rings is 1. The Balaban J connectivity index is 2.29. The van der Waals surface area contributed by atoms with Crippen molar-refractivity contribution in [3.05, 3.63) is 53.5 Å². The van der Waals surface area contributed by atoms with E-state index in [-0.39, 0.29) is 11.6 Å². The Morgan fingerprint density at radius 2 is 2.05 bits per heavy atom. The second kappa shape index (κ2) is 6.29. The van der Waals surface area contributed by atoms with E-state index in [9.17, 15) is 4.39 Å². The van der Waals surface area contributed by atoms with Gasteiger partial charge in [0.1, 0.15) is 0 Å². The van der Waals surface area contributed by atoms with Crippen molar-refractivity contribution in [2.24, 2.45) is 0 Å². The average Bonchev–Trinajstić information content (AvgIpc) is 2.41. The van der Waals surface area contributed by atoms with Gasteiger partial charge < -0.3 is 10.1 Å². The van der Waals surface area contributed by atoms with Crippen LogP contribution in [0.1, 0.15) is 18.2 Å². The SMILES string of the molecule is CCc1cc(CNC)cc(Oc2ccccc2F)n1. The summed E-state index contributed by atoms with van der Waals surface area (Å²) in [5.41, 5.74) is 2.00. The summed E-state index contributed by atoms with van der Waals surface area (Å²) in [5, 5.41) is 3.08. The Labute approximate surface area is 112 Å². The second-order valence-corrected chi connectivity index (χ2v) is 4.22. The minimum Gasteiger partial charge on any atom is -0.436 e. The van der Waals surface area contributed by atoms with E-state index >= 15 is 0 Å². The normalized spacial score (nSPS) is 10.5. The highest BCUT2D eigenvalue weighted by Crippen LogP contribution is 2.23. The van der Waals surface area contributed by atoms with Crippen molar-refractivity contribution in [1.82, 2.24) is 10.3 Å². The van der Waals surface area contributed by atoms with Gasteiger partial charge in [-0.25, -0.2) is 9.37 Å². The lowest BCUT2D eigenvalue weighted by Gasteiger charge is -2.09. The number of hydrogen-bond acceptors (Lipinski definition) is 3. The van der Waals surface area contributed by atoms with Crippen LogP contribution in [0.5, 0.6) is 11.6 Å². The lowest BCUT2D eigenvalue weighted by molar-refractivity contribution is 0.425. The van der Waals surface area contributed by atoms with Gasteiger partial charge in [0, 0.05) is 18.3 Å².